The molecular formula is C17H19NO2. The van der Waals surface area contributed by atoms with Gasteiger partial charge in [0, 0.05) is 12.7 Å². The summed E-state index contributed by atoms with van der Waals surface area (Å²) in [6.45, 7) is 2.13. The lowest BCUT2D eigenvalue weighted by molar-refractivity contribution is -0.120. The summed E-state index contributed by atoms with van der Waals surface area (Å²) in [4.78, 5) is 13.7. The molecule has 0 spiro atoms. The summed E-state index contributed by atoms with van der Waals surface area (Å²) in [6.07, 6.45) is 0.953. The second kappa shape index (κ2) is 6.75. The van der Waals surface area contributed by atoms with Gasteiger partial charge >= 0.3 is 0 Å². The minimum atomic E-state index is -0.0712. The monoisotopic (exact) mass is 269 g/mol. The van der Waals surface area contributed by atoms with Crippen molar-refractivity contribution in [2.45, 2.75) is 13.3 Å². The highest BCUT2D eigenvalue weighted by Gasteiger charge is 2.11. The first-order valence-electron chi connectivity index (χ1n) is 6.74. The number of hydrogen-bond acceptors (Lipinski definition) is 2. The van der Waals surface area contributed by atoms with E-state index >= 15 is 0 Å². The number of hydrogen-bond donors (Lipinski definition) is 0. The third-order valence-electron chi connectivity index (χ3n) is 3.19. The van der Waals surface area contributed by atoms with Crippen molar-refractivity contribution in [3.05, 3.63) is 60.2 Å². The molecule has 0 radical (unpaired) electrons. The van der Waals surface area contributed by atoms with Crippen LogP contribution in [0.3, 0.4) is 0 Å². The standard InChI is InChI=1S/C17H19NO2/c1-3-14-8-7-11-16(12-14)20-13-17(19)18(2)15-9-5-4-6-10-15/h4-12H,3,13H2,1-2H3. The van der Waals surface area contributed by atoms with Crippen LogP contribution in [0, 0.1) is 0 Å². The maximum Gasteiger partial charge on any atom is 0.264 e. The highest BCUT2D eigenvalue weighted by molar-refractivity contribution is 5.93. The van der Waals surface area contributed by atoms with Crippen molar-refractivity contribution in [1.82, 2.24) is 0 Å². The van der Waals surface area contributed by atoms with E-state index in [-0.39, 0.29) is 12.5 Å². The molecule has 0 N–H and O–H groups in total. The molecule has 0 aliphatic heterocycles. The van der Waals surface area contributed by atoms with Crippen LogP contribution in [0.1, 0.15) is 12.5 Å². The predicted octanol–water partition coefficient (Wildman–Crippen LogP) is 3.29. The predicted molar refractivity (Wildman–Crippen MR) is 81.2 cm³/mol. The molecule has 3 heteroatoms. The molecule has 20 heavy (non-hydrogen) atoms. The van der Waals surface area contributed by atoms with Crippen LogP contribution in [-0.2, 0) is 11.2 Å². The zero-order valence-corrected chi connectivity index (χ0v) is 11.9. The number of ether oxygens (including phenoxy) is 1. The van der Waals surface area contributed by atoms with Crippen LogP contribution in [0.2, 0.25) is 0 Å². The summed E-state index contributed by atoms with van der Waals surface area (Å²) < 4.78 is 5.56. The largest absolute Gasteiger partial charge is 0.484 e. The van der Waals surface area contributed by atoms with Crippen LogP contribution >= 0.6 is 0 Å². The zero-order chi connectivity index (χ0) is 14.4. The Morgan fingerprint density at radius 3 is 2.55 bits per heavy atom. The molecule has 0 aliphatic carbocycles. The minimum Gasteiger partial charge on any atom is -0.484 e. The molecule has 0 bridgehead atoms. The molecule has 2 rings (SSSR count). The van der Waals surface area contributed by atoms with Crippen molar-refractivity contribution in [2.75, 3.05) is 18.6 Å². The summed E-state index contributed by atoms with van der Waals surface area (Å²) in [5, 5.41) is 0. The molecular weight excluding hydrogens is 250 g/mol. The van der Waals surface area contributed by atoms with E-state index in [1.807, 2.05) is 54.6 Å². The second-order valence-corrected chi connectivity index (χ2v) is 4.58. The molecule has 0 fully saturated rings. The summed E-state index contributed by atoms with van der Waals surface area (Å²) in [7, 11) is 1.75. The Bertz CT molecular complexity index is 566. The third kappa shape index (κ3) is 3.60. The Hall–Kier alpha value is -2.29. The third-order valence-corrected chi connectivity index (χ3v) is 3.19. The van der Waals surface area contributed by atoms with E-state index in [2.05, 4.69) is 6.92 Å². The average Bonchev–Trinajstić information content (AvgIpc) is 2.53. The van der Waals surface area contributed by atoms with Crippen LogP contribution in [0.5, 0.6) is 5.75 Å². The normalized spacial score (nSPS) is 10.1. The number of amides is 1. The molecule has 104 valence electrons. The lowest BCUT2D eigenvalue weighted by Gasteiger charge is -2.17. The highest BCUT2D eigenvalue weighted by Crippen LogP contribution is 2.15. The van der Waals surface area contributed by atoms with Crippen LogP contribution in [0.4, 0.5) is 5.69 Å². The fourth-order valence-corrected chi connectivity index (χ4v) is 1.89. The van der Waals surface area contributed by atoms with Crippen molar-refractivity contribution < 1.29 is 9.53 Å². The summed E-state index contributed by atoms with van der Waals surface area (Å²) in [6, 6.07) is 17.4. The number of benzene rings is 2. The summed E-state index contributed by atoms with van der Waals surface area (Å²) in [5.41, 5.74) is 2.06. The Balaban J connectivity index is 1.95. The average molecular weight is 269 g/mol. The van der Waals surface area contributed by atoms with Gasteiger partial charge in [-0.1, -0.05) is 37.3 Å². The Kier molecular flexibility index (Phi) is 4.77. The first kappa shape index (κ1) is 14.1. The van der Waals surface area contributed by atoms with Gasteiger partial charge in [-0.3, -0.25) is 4.79 Å². The fraction of sp³-hybridized carbons (Fsp3) is 0.235. The van der Waals surface area contributed by atoms with Gasteiger partial charge in [0.15, 0.2) is 6.61 Å². The van der Waals surface area contributed by atoms with Gasteiger partial charge in [0.2, 0.25) is 0 Å². The van der Waals surface area contributed by atoms with Gasteiger partial charge in [-0.15, -0.1) is 0 Å². The van der Waals surface area contributed by atoms with Gasteiger partial charge in [-0.2, -0.15) is 0 Å². The maximum atomic E-state index is 12.1. The molecule has 0 heterocycles. The van der Waals surface area contributed by atoms with E-state index in [9.17, 15) is 4.79 Å². The number of para-hydroxylation sites is 1. The molecule has 0 unspecified atom stereocenters. The van der Waals surface area contributed by atoms with Gasteiger partial charge in [-0.25, -0.2) is 0 Å². The number of anilines is 1. The smallest absolute Gasteiger partial charge is 0.264 e. The summed E-state index contributed by atoms with van der Waals surface area (Å²) in [5.74, 6) is 0.664. The highest BCUT2D eigenvalue weighted by atomic mass is 16.5. The minimum absolute atomic E-state index is 0.0402. The molecule has 0 aliphatic rings. The van der Waals surface area contributed by atoms with Gasteiger partial charge in [0.1, 0.15) is 5.75 Å². The van der Waals surface area contributed by atoms with Crippen LogP contribution in [0.15, 0.2) is 54.6 Å². The van der Waals surface area contributed by atoms with E-state index in [4.69, 9.17) is 4.74 Å². The molecule has 1 amide bonds. The Morgan fingerprint density at radius 1 is 1.10 bits per heavy atom. The van der Waals surface area contributed by atoms with Gasteiger partial charge in [-0.05, 0) is 36.2 Å². The number of carbonyl (C=O) groups excluding carboxylic acids is 1. The fourth-order valence-electron chi connectivity index (χ4n) is 1.89. The van der Waals surface area contributed by atoms with Gasteiger partial charge < -0.3 is 9.64 Å². The molecule has 2 aromatic rings. The quantitative estimate of drug-likeness (QED) is 0.833. The van der Waals surface area contributed by atoms with Crippen molar-refractivity contribution >= 4 is 11.6 Å². The van der Waals surface area contributed by atoms with Crippen LogP contribution in [0.25, 0.3) is 0 Å². The van der Waals surface area contributed by atoms with Crippen LogP contribution < -0.4 is 9.64 Å². The first-order chi connectivity index (χ1) is 9.70. The van der Waals surface area contributed by atoms with E-state index in [0.717, 1.165) is 17.9 Å². The van der Waals surface area contributed by atoms with Crippen molar-refractivity contribution in [3.63, 3.8) is 0 Å². The molecule has 2 aromatic carbocycles. The Labute approximate surface area is 119 Å². The molecule has 0 saturated heterocycles. The second-order valence-electron chi connectivity index (χ2n) is 4.58. The van der Waals surface area contributed by atoms with Crippen molar-refractivity contribution in [1.29, 1.82) is 0 Å². The molecule has 0 atom stereocenters. The number of nitrogens with zero attached hydrogens (tertiary/aromatic N) is 1. The summed E-state index contributed by atoms with van der Waals surface area (Å²) >= 11 is 0. The van der Waals surface area contributed by atoms with E-state index in [1.54, 1.807) is 11.9 Å². The number of aryl methyl sites for hydroxylation is 1. The number of rotatable bonds is 5. The maximum absolute atomic E-state index is 12.1. The van der Waals surface area contributed by atoms with Gasteiger partial charge in [0.25, 0.3) is 5.91 Å². The zero-order valence-electron chi connectivity index (χ0n) is 11.9. The van der Waals surface area contributed by atoms with Crippen molar-refractivity contribution in [3.8, 4) is 5.75 Å². The van der Waals surface area contributed by atoms with E-state index < -0.39 is 0 Å². The van der Waals surface area contributed by atoms with E-state index in [0.29, 0.717) is 0 Å². The van der Waals surface area contributed by atoms with Gasteiger partial charge in [0.05, 0.1) is 0 Å². The first-order valence-corrected chi connectivity index (χ1v) is 6.74. The molecule has 0 aromatic heterocycles. The number of likely N-dealkylation sites (N-methyl/N-ethyl adjacent to an activating group) is 1. The molecule has 3 nitrogen and oxygen atoms in total. The van der Waals surface area contributed by atoms with Crippen molar-refractivity contribution in [2.24, 2.45) is 0 Å². The topological polar surface area (TPSA) is 29.5 Å². The Morgan fingerprint density at radius 2 is 1.85 bits per heavy atom. The lowest BCUT2D eigenvalue weighted by Crippen LogP contribution is -2.31. The van der Waals surface area contributed by atoms with E-state index in [1.165, 1.54) is 5.56 Å². The lowest BCUT2D eigenvalue weighted by atomic mass is 10.2. The number of carbonyl (C=O) groups is 1. The molecule has 0 saturated carbocycles. The SMILES string of the molecule is CCc1cccc(OCC(=O)N(C)c2ccccc2)c1. The van der Waals surface area contributed by atoms with Crippen LogP contribution in [-0.4, -0.2) is 19.6 Å².